The fourth-order valence-electron chi connectivity index (χ4n) is 1.77. The fraction of sp³-hybridized carbons (Fsp3) is 0.143. The van der Waals surface area contributed by atoms with Crippen LogP contribution in [0.5, 0.6) is 5.75 Å². The Hall–Kier alpha value is -1.47. The summed E-state index contributed by atoms with van der Waals surface area (Å²) in [4.78, 5) is 0. The summed E-state index contributed by atoms with van der Waals surface area (Å²) in [6.07, 6.45) is 0. The van der Waals surface area contributed by atoms with Gasteiger partial charge in [0, 0.05) is 5.02 Å². The number of aromatic hydroxyl groups is 1. The molecular formula is C14H13ClO. The molecule has 2 rings (SSSR count). The molecule has 0 aliphatic heterocycles. The predicted octanol–water partition coefficient (Wildman–Crippen LogP) is 4.33. The zero-order valence-corrected chi connectivity index (χ0v) is 10.0. The van der Waals surface area contributed by atoms with Gasteiger partial charge >= 0.3 is 0 Å². The second-order valence-corrected chi connectivity index (χ2v) is 4.40. The Morgan fingerprint density at radius 3 is 2.31 bits per heavy atom. The SMILES string of the molecule is Cc1cc(-c2ccc(Cl)cc2C)ccc1O. The van der Waals surface area contributed by atoms with Gasteiger partial charge in [0.15, 0.2) is 0 Å². The highest BCUT2D eigenvalue weighted by Crippen LogP contribution is 2.29. The lowest BCUT2D eigenvalue weighted by Crippen LogP contribution is -1.84. The average Bonchev–Trinajstić information content (AvgIpc) is 2.22. The van der Waals surface area contributed by atoms with E-state index in [1.807, 2.05) is 44.2 Å². The Kier molecular flexibility index (Phi) is 2.88. The molecule has 0 aromatic heterocycles. The van der Waals surface area contributed by atoms with E-state index in [1.54, 1.807) is 6.07 Å². The first kappa shape index (κ1) is 11.0. The Balaban J connectivity index is 2.54. The van der Waals surface area contributed by atoms with Gasteiger partial charge in [0.2, 0.25) is 0 Å². The van der Waals surface area contributed by atoms with Gasteiger partial charge < -0.3 is 5.11 Å². The zero-order valence-electron chi connectivity index (χ0n) is 9.29. The van der Waals surface area contributed by atoms with Crippen LogP contribution in [0.4, 0.5) is 0 Å². The summed E-state index contributed by atoms with van der Waals surface area (Å²) in [6.45, 7) is 3.92. The Bertz CT molecular complexity index is 532. The molecule has 82 valence electrons. The van der Waals surface area contributed by atoms with Gasteiger partial charge in [0.1, 0.15) is 5.75 Å². The average molecular weight is 233 g/mol. The number of hydrogen-bond acceptors (Lipinski definition) is 1. The molecule has 0 saturated heterocycles. The number of halogens is 1. The van der Waals surface area contributed by atoms with Crippen molar-refractivity contribution in [2.24, 2.45) is 0 Å². The van der Waals surface area contributed by atoms with E-state index in [-0.39, 0.29) is 0 Å². The molecule has 0 heterocycles. The first-order valence-corrected chi connectivity index (χ1v) is 5.52. The number of aryl methyl sites for hydroxylation is 2. The lowest BCUT2D eigenvalue weighted by atomic mass is 9.99. The molecule has 0 aliphatic carbocycles. The van der Waals surface area contributed by atoms with Gasteiger partial charge in [-0.2, -0.15) is 0 Å². The van der Waals surface area contributed by atoms with Crippen LogP contribution in [-0.2, 0) is 0 Å². The molecule has 2 aromatic rings. The first-order valence-electron chi connectivity index (χ1n) is 5.14. The normalized spacial score (nSPS) is 10.4. The van der Waals surface area contributed by atoms with Gasteiger partial charge in [0.05, 0.1) is 0 Å². The highest BCUT2D eigenvalue weighted by molar-refractivity contribution is 6.30. The van der Waals surface area contributed by atoms with Gasteiger partial charge in [0.25, 0.3) is 0 Å². The quantitative estimate of drug-likeness (QED) is 0.776. The molecule has 2 aromatic carbocycles. The van der Waals surface area contributed by atoms with Gasteiger partial charge in [-0.15, -0.1) is 0 Å². The van der Waals surface area contributed by atoms with Gasteiger partial charge in [-0.05, 0) is 60.4 Å². The number of benzene rings is 2. The number of rotatable bonds is 1. The lowest BCUT2D eigenvalue weighted by molar-refractivity contribution is 0.471. The van der Waals surface area contributed by atoms with Crippen molar-refractivity contribution in [1.29, 1.82) is 0 Å². The maximum Gasteiger partial charge on any atom is 0.118 e. The van der Waals surface area contributed by atoms with Crippen molar-refractivity contribution >= 4 is 11.6 Å². The summed E-state index contributed by atoms with van der Waals surface area (Å²) in [5.74, 6) is 0.329. The topological polar surface area (TPSA) is 20.2 Å². The molecule has 0 aliphatic rings. The predicted molar refractivity (Wildman–Crippen MR) is 68.0 cm³/mol. The van der Waals surface area contributed by atoms with Crippen LogP contribution in [-0.4, -0.2) is 5.11 Å². The Labute approximate surface area is 100 Å². The summed E-state index contributed by atoms with van der Waals surface area (Å²) < 4.78 is 0. The van der Waals surface area contributed by atoms with Crippen molar-refractivity contribution in [1.82, 2.24) is 0 Å². The summed E-state index contributed by atoms with van der Waals surface area (Å²) in [7, 11) is 0. The largest absolute Gasteiger partial charge is 0.508 e. The molecule has 0 atom stereocenters. The van der Waals surface area contributed by atoms with Crippen LogP contribution in [0, 0.1) is 13.8 Å². The van der Waals surface area contributed by atoms with Gasteiger partial charge in [-0.25, -0.2) is 0 Å². The van der Waals surface area contributed by atoms with Crippen LogP contribution in [0.1, 0.15) is 11.1 Å². The third-order valence-electron chi connectivity index (χ3n) is 2.70. The van der Waals surface area contributed by atoms with Crippen LogP contribution < -0.4 is 0 Å². The molecule has 0 amide bonds. The number of phenolic OH excluding ortho intramolecular Hbond substituents is 1. The van der Waals surface area contributed by atoms with Crippen LogP contribution in [0.25, 0.3) is 11.1 Å². The van der Waals surface area contributed by atoms with E-state index in [1.165, 1.54) is 0 Å². The smallest absolute Gasteiger partial charge is 0.118 e. The minimum absolute atomic E-state index is 0.329. The van der Waals surface area contributed by atoms with Crippen molar-refractivity contribution in [2.75, 3.05) is 0 Å². The molecule has 0 spiro atoms. The zero-order chi connectivity index (χ0) is 11.7. The molecule has 0 fully saturated rings. The van der Waals surface area contributed by atoms with E-state index in [0.717, 1.165) is 27.3 Å². The van der Waals surface area contributed by atoms with E-state index >= 15 is 0 Å². The van der Waals surface area contributed by atoms with Gasteiger partial charge in [-0.1, -0.05) is 23.7 Å². The number of hydrogen-bond donors (Lipinski definition) is 1. The van der Waals surface area contributed by atoms with Gasteiger partial charge in [-0.3, -0.25) is 0 Å². The minimum atomic E-state index is 0.329. The Morgan fingerprint density at radius 2 is 1.69 bits per heavy atom. The van der Waals surface area contributed by atoms with Crippen molar-refractivity contribution in [2.45, 2.75) is 13.8 Å². The number of phenols is 1. The highest BCUT2D eigenvalue weighted by atomic mass is 35.5. The molecule has 16 heavy (non-hydrogen) atoms. The first-order chi connectivity index (χ1) is 7.58. The van der Waals surface area contributed by atoms with Crippen molar-refractivity contribution < 1.29 is 5.11 Å². The summed E-state index contributed by atoms with van der Waals surface area (Å²) >= 11 is 5.92. The summed E-state index contributed by atoms with van der Waals surface area (Å²) in [5, 5.41) is 10.2. The Morgan fingerprint density at radius 1 is 0.938 bits per heavy atom. The van der Waals surface area contributed by atoms with E-state index in [0.29, 0.717) is 5.75 Å². The molecule has 0 saturated carbocycles. The molecule has 0 bridgehead atoms. The molecule has 0 radical (unpaired) electrons. The van der Waals surface area contributed by atoms with Crippen molar-refractivity contribution in [3.63, 3.8) is 0 Å². The third-order valence-corrected chi connectivity index (χ3v) is 2.93. The summed E-state index contributed by atoms with van der Waals surface area (Å²) in [6, 6.07) is 11.4. The second kappa shape index (κ2) is 4.18. The monoisotopic (exact) mass is 232 g/mol. The van der Waals surface area contributed by atoms with E-state index in [4.69, 9.17) is 11.6 Å². The second-order valence-electron chi connectivity index (χ2n) is 3.96. The van der Waals surface area contributed by atoms with Crippen LogP contribution in [0.15, 0.2) is 36.4 Å². The summed E-state index contributed by atoms with van der Waals surface area (Å²) in [5.41, 5.74) is 4.27. The van der Waals surface area contributed by atoms with Crippen LogP contribution in [0.3, 0.4) is 0 Å². The molecule has 1 N–H and O–H groups in total. The van der Waals surface area contributed by atoms with Crippen molar-refractivity contribution in [3.8, 4) is 16.9 Å². The molecule has 2 heteroatoms. The van der Waals surface area contributed by atoms with Crippen LogP contribution in [0.2, 0.25) is 5.02 Å². The maximum absolute atomic E-state index is 9.48. The molecule has 1 nitrogen and oxygen atoms in total. The highest BCUT2D eigenvalue weighted by Gasteiger charge is 2.04. The third kappa shape index (κ3) is 2.05. The van der Waals surface area contributed by atoms with E-state index in [2.05, 4.69) is 0 Å². The van der Waals surface area contributed by atoms with E-state index < -0.39 is 0 Å². The van der Waals surface area contributed by atoms with E-state index in [9.17, 15) is 5.11 Å². The molecular weight excluding hydrogens is 220 g/mol. The molecule has 0 unspecified atom stereocenters. The maximum atomic E-state index is 9.48. The standard InChI is InChI=1S/C14H13ClO/c1-9-8-12(15)4-5-13(9)11-3-6-14(16)10(2)7-11/h3-8,16H,1-2H3. The lowest BCUT2D eigenvalue weighted by Gasteiger charge is -2.08. The van der Waals surface area contributed by atoms with Crippen LogP contribution >= 0.6 is 11.6 Å². The minimum Gasteiger partial charge on any atom is -0.508 e. The van der Waals surface area contributed by atoms with Crippen molar-refractivity contribution in [3.05, 3.63) is 52.5 Å². The fourth-order valence-corrected chi connectivity index (χ4v) is 2.00.